The minimum atomic E-state index is -0.690. The fraction of sp³-hybridized carbons (Fsp3) is 0.0909. The van der Waals surface area contributed by atoms with Crippen LogP contribution in [0.15, 0.2) is 60.7 Å². The number of fused-ring (bicyclic) bond motifs is 1. The van der Waals surface area contributed by atoms with Crippen LogP contribution < -0.4 is 10.1 Å². The van der Waals surface area contributed by atoms with E-state index in [1.807, 2.05) is 49.4 Å². The van der Waals surface area contributed by atoms with Crippen molar-refractivity contribution in [3.63, 3.8) is 0 Å². The Morgan fingerprint density at radius 1 is 1.17 bits per heavy atom. The fourth-order valence-electron chi connectivity index (χ4n) is 3.15. The Hall–Kier alpha value is -3.38. The molecule has 1 amide bonds. The molecule has 1 aromatic heterocycles. The zero-order valence-electron chi connectivity index (χ0n) is 15.5. The molecule has 0 radical (unpaired) electrons. The summed E-state index contributed by atoms with van der Waals surface area (Å²) >= 11 is 5.97. The number of benzene rings is 3. The largest absolute Gasteiger partial charge is 0.493 e. The maximum absolute atomic E-state index is 14.0. The Morgan fingerprint density at radius 2 is 2.00 bits per heavy atom. The van der Waals surface area contributed by atoms with Crippen LogP contribution in [0.2, 0.25) is 5.02 Å². The summed E-state index contributed by atoms with van der Waals surface area (Å²) in [5.41, 5.74) is 2.41. The van der Waals surface area contributed by atoms with Gasteiger partial charge in [0.15, 0.2) is 5.82 Å². The van der Waals surface area contributed by atoms with Crippen molar-refractivity contribution in [2.75, 3.05) is 11.9 Å². The number of rotatable bonds is 5. The number of aromatic nitrogens is 2. The summed E-state index contributed by atoms with van der Waals surface area (Å²) in [5.74, 6) is -0.262. The number of anilines is 1. The second-order valence-corrected chi connectivity index (χ2v) is 6.72. The molecule has 0 fully saturated rings. The van der Waals surface area contributed by atoms with Crippen LogP contribution in [0, 0.1) is 5.82 Å². The van der Waals surface area contributed by atoms with Crippen molar-refractivity contribution in [1.29, 1.82) is 0 Å². The molecule has 5 nitrogen and oxygen atoms in total. The number of nitrogens with zero attached hydrogens (tertiary/aromatic N) is 1. The number of amides is 1. The molecule has 0 saturated carbocycles. The zero-order chi connectivity index (χ0) is 20.4. The predicted octanol–water partition coefficient (Wildman–Crippen LogP) is 5.67. The van der Waals surface area contributed by atoms with Gasteiger partial charge in [-0.15, -0.1) is 0 Å². The molecule has 0 unspecified atom stereocenters. The normalized spacial score (nSPS) is 10.9. The maximum Gasteiger partial charge on any atom is 0.261 e. The molecule has 0 aliphatic carbocycles. The van der Waals surface area contributed by atoms with Crippen LogP contribution in [-0.4, -0.2) is 22.7 Å². The van der Waals surface area contributed by atoms with Crippen LogP contribution >= 0.6 is 11.6 Å². The number of carbonyl (C=O) groups is 1. The average molecular weight is 410 g/mol. The lowest BCUT2D eigenvalue weighted by atomic mass is 10.0. The first kappa shape index (κ1) is 19.0. The molecular weight excluding hydrogens is 393 g/mol. The van der Waals surface area contributed by atoms with Crippen LogP contribution in [-0.2, 0) is 0 Å². The molecule has 29 heavy (non-hydrogen) atoms. The molecule has 7 heteroatoms. The molecule has 0 saturated heterocycles. The predicted molar refractivity (Wildman–Crippen MR) is 112 cm³/mol. The second kappa shape index (κ2) is 7.93. The van der Waals surface area contributed by atoms with Gasteiger partial charge >= 0.3 is 0 Å². The van der Waals surface area contributed by atoms with Gasteiger partial charge in [0.2, 0.25) is 0 Å². The first-order valence-corrected chi connectivity index (χ1v) is 9.42. The highest BCUT2D eigenvalue weighted by Gasteiger charge is 2.18. The van der Waals surface area contributed by atoms with Gasteiger partial charge in [-0.25, -0.2) is 4.39 Å². The van der Waals surface area contributed by atoms with Crippen molar-refractivity contribution in [1.82, 2.24) is 10.2 Å². The topological polar surface area (TPSA) is 67.0 Å². The van der Waals surface area contributed by atoms with Crippen molar-refractivity contribution in [3.05, 3.63) is 77.1 Å². The van der Waals surface area contributed by atoms with Crippen LogP contribution in [0.25, 0.3) is 22.0 Å². The van der Waals surface area contributed by atoms with E-state index in [4.69, 9.17) is 16.3 Å². The van der Waals surface area contributed by atoms with Gasteiger partial charge in [0.25, 0.3) is 5.91 Å². The van der Waals surface area contributed by atoms with Gasteiger partial charge in [0.05, 0.1) is 22.7 Å². The summed E-state index contributed by atoms with van der Waals surface area (Å²) in [6.45, 7) is 2.50. The smallest absolute Gasteiger partial charge is 0.261 e. The number of ether oxygens (including phenoxy) is 1. The monoisotopic (exact) mass is 409 g/mol. The summed E-state index contributed by atoms with van der Waals surface area (Å²) in [5, 5.41) is 10.4. The number of nitrogens with one attached hydrogen (secondary N) is 2. The van der Waals surface area contributed by atoms with E-state index >= 15 is 0 Å². The van der Waals surface area contributed by atoms with Gasteiger partial charge in [-0.1, -0.05) is 41.9 Å². The first-order valence-electron chi connectivity index (χ1n) is 9.04. The Kier molecular flexibility index (Phi) is 5.18. The fourth-order valence-corrected chi connectivity index (χ4v) is 3.40. The summed E-state index contributed by atoms with van der Waals surface area (Å²) < 4.78 is 19.7. The van der Waals surface area contributed by atoms with E-state index < -0.39 is 11.7 Å². The molecule has 0 aliphatic rings. The van der Waals surface area contributed by atoms with Gasteiger partial charge in [0.1, 0.15) is 11.6 Å². The molecule has 0 atom stereocenters. The Balaban J connectivity index is 1.67. The highest BCUT2D eigenvalue weighted by atomic mass is 35.5. The zero-order valence-corrected chi connectivity index (χ0v) is 16.3. The van der Waals surface area contributed by atoms with E-state index in [1.54, 1.807) is 0 Å². The second-order valence-electron chi connectivity index (χ2n) is 6.31. The quantitative estimate of drug-likeness (QED) is 0.446. The van der Waals surface area contributed by atoms with Crippen molar-refractivity contribution in [2.45, 2.75) is 6.92 Å². The Morgan fingerprint density at radius 3 is 2.79 bits per heavy atom. The van der Waals surface area contributed by atoms with E-state index in [9.17, 15) is 9.18 Å². The van der Waals surface area contributed by atoms with E-state index in [-0.39, 0.29) is 10.6 Å². The lowest BCUT2D eigenvalue weighted by molar-refractivity contribution is 0.102. The third-order valence-corrected chi connectivity index (χ3v) is 4.80. The summed E-state index contributed by atoms with van der Waals surface area (Å²) in [6.07, 6.45) is 0. The average Bonchev–Trinajstić information content (AvgIpc) is 3.10. The van der Waals surface area contributed by atoms with Crippen molar-refractivity contribution in [3.8, 4) is 16.9 Å². The van der Waals surface area contributed by atoms with Crippen molar-refractivity contribution < 1.29 is 13.9 Å². The van der Waals surface area contributed by atoms with Crippen LogP contribution in [0.5, 0.6) is 5.75 Å². The van der Waals surface area contributed by atoms with Gasteiger partial charge < -0.3 is 10.1 Å². The molecule has 4 aromatic rings. The van der Waals surface area contributed by atoms with Gasteiger partial charge in [-0.05, 0) is 42.8 Å². The summed E-state index contributed by atoms with van der Waals surface area (Å²) in [7, 11) is 0. The van der Waals surface area contributed by atoms with E-state index in [0.717, 1.165) is 22.4 Å². The number of aromatic amines is 1. The van der Waals surface area contributed by atoms with Gasteiger partial charge in [0, 0.05) is 10.9 Å². The van der Waals surface area contributed by atoms with E-state index in [2.05, 4.69) is 15.5 Å². The molecular formula is C22H17ClFN3O2. The lowest BCUT2D eigenvalue weighted by Crippen LogP contribution is -2.14. The SMILES string of the molecule is CCOc1ccccc1-c1ccc2c(NC(=O)c3c(F)cccc3Cl)n[nH]c2c1. The van der Waals surface area contributed by atoms with Gasteiger partial charge in [-0.3, -0.25) is 9.89 Å². The molecule has 0 spiro atoms. The van der Waals surface area contributed by atoms with Gasteiger partial charge in [-0.2, -0.15) is 5.10 Å². The number of carbonyl (C=O) groups excluding carboxylic acids is 1. The minimum absolute atomic E-state index is 0.0390. The summed E-state index contributed by atoms with van der Waals surface area (Å²) in [6, 6.07) is 17.5. The molecule has 0 aliphatic heterocycles. The molecule has 0 bridgehead atoms. The van der Waals surface area contributed by atoms with Crippen LogP contribution in [0.4, 0.5) is 10.2 Å². The molecule has 1 heterocycles. The third-order valence-electron chi connectivity index (χ3n) is 4.48. The molecule has 4 rings (SSSR count). The van der Waals surface area contributed by atoms with Crippen molar-refractivity contribution >= 4 is 34.2 Å². The van der Waals surface area contributed by atoms with Crippen LogP contribution in [0.3, 0.4) is 0 Å². The van der Waals surface area contributed by atoms with E-state index in [0.29, 0.717) is 17.8 Å². The minimum Gasteiger partial charge on any atom is -0.493 e. The standard InChI is InChI=1S/C22H17ClFN3O2/c1-2-29-19-9-4-3-6-14(19)13-10-11-15-18(12-13)26-27-21(15)25-22(28)20-16(23)7-5-8-17(20)24/h3-12H,2H2,1H3,(H2,25,26,27,28). The molecule has 146 valence electrons. The Labute approximate surface area is 171 Å². The number of halogens is 2. The molecule has 2 N–H and O–H groups in total. The number of H-pyrrole nitrogens is 1. The summed E-state index contributed by atoms with van der Waals surface area (Å²) in [4.78, 5) is 12.5. The Bertz CT molecular complexity index is 1190. The number of hydrogen-bond donors (Lipinski definition) is 2. The lowest BCUT2D eigenvalue weighted by Gasteiger charge is -2.10. The highest BCUT2D eigenvalue weighted by molar-refractivity contribution is 6.34. The number of para-hydroxylation sites is 1. The van der Waals surface area contributed by atoms with Crippen molar-refractivity contribution in [2.24, 2.45) is 0 Å². The third kappa shape index (κ3) is 3.67. The molecule has 3 aromatic carbocycles. The first-order chi connectivity index (χ1) is 14.1. The van der Waals surface area contributed by atoms with E-state index in [1.165, 1.54) is 18.2 Å². The van der Waals surface area contributed by atoms with Crippen LogP contribution in [0.1, 0.15) is 17.3 Å². The highest BCUT2D eigenvalue weighted by Crippen LogP contribution is 2.33. The number of hydrogen-bond acceptors (Lipinski definition) is 3. The maximum atomic E-state index is 14.0.